The van der Waals surface area contributed by atoms with E-state index in [4.69, 9.17) is 9.05 Å². The standard InChI is InChI=1S/C15H27F2O5PS2/c1-6-7-12(18)24-10-8-21-23(20,15(5,16)17)22-9-11-25-13(19)14(2,3)4/h6-11H2,1-5H3. The van der Waals surface area contributed by atoms with Crippen LogP contribution in [0.4, 0.5) is 8.78 Å². The smallest absolute Gasteiger partial charge is 0.304 e. The van der Waals surface area contributed by atoms with Gasteiger partial charge in [0.25, 0.3) is 0 Å². The van der Waals surface area contributed by atoms with Crippen molar-refractivity contribution in [1.29, 1.82) is 0 Å². The van der Waals surface area contributed by atoms with E-state index in [1.54, 1.807) is 20.8 Å². The van der Waals surface area contributed by atoms with Crippen LogP contribution in [0.25, 0.3) is 0 Å². The SMILES string of the molecule is CCCC(=O)SCCOP(=O)(OCCSC(=O)C(C)(C)C)C(C)(F)F. The summed E-state index contributed by atoms with van der Waals surface area (Å²) >= 11 is 1.89. The molecule has 0 rings (SSSR count). The summed E-state index contributed by atoms with van der Waals surface area (Å²) in [6.45, 7) is 6.98. The van der Waals surface area contributed by atoms with Gasteiger partial charge in [-0.15, -0.1) is 0 Å². The number of rotatable bonds is 11. The average molecular weight is 420 g/mol. The first-order chi connectivity index (χ1) is 11.3. The van der Waals surface area contributed by atoms with Crippen molar-refractivity contribution in [3.63, 3.8) is 0 Å². The molecule has 0 radical (unpaired) electrons. The largest absolute Gasteiger partial charge is 0.399 e. The molecule has 0 amide bonds. The molecule has 25 heavy (non-hydrogen) atoms. The van der Waals surface area contributed by atoms with Crippen molar-refractivity contribution < 1.29 is 32.0 Å². The van der Waals surface area contributed by atoms with E-state index in [0.717, 1.165) is 23.5 Å². The van der Waals surface area contributed by atoms with Crippen LogP contribution in [0, 0.1) is 5.41 Å². The summed E-state index contributed by atoms with van der Waals surface area (Å²) in [4.78, 5) is 23.1. The van der Waals surface area contributed by atoms with Gasteiger partial charge in [0.1, 0.15) is 0 Å². The lowest BCUT2D eigenvalue weighted by atomic mass is 10.00. The fraction of sp³-hybridized carbons (Fsp3) is 0.867. The third-order valence-corrected chi connectivity index (χ3v) is 6.88. The van der Waals surface area contributed by atoms with Crippen LogP contribution in [0.5, 0.6) is 0 Å². The number of halogens is 2. The molecule has 1 unspecified atom stereocenters. The minimum atomic E-state index is -4.66. The molecule has 0 saturated heterocycles. The number of alkyl halides is 2. The van der Waals surface area contributed by atoms with Gasteiger partial charge in [-0.2, -0.15) is 8.78 Å². The van der Waals surface area contributed by atoms with Crippen molar-refractivity contribution in [2.45, 2.75) is 53.1 Å². The highest BCUT2D eigenvalue weighted by molar-refractivity contribution is 8.13. The van der Waals surface area contributed by atoms with Gasteiger partial charge in [0.2, 0.25) is 0 Å². The van der Waals surface area contributed by atoms with E-state index >= 15 is 0 Å². The topological polar surface area (TPSA) is 69.7 Å². The fourth-order valence-electron chi connectivity index (χ4n) is 1.36. The Morgan fingerprint density at radius 3 is 1.88 bits per heavy atom. The molecular formula is C15H27F2O5PS2. The Morgan fingerprint density at radius 2 is 1.48 bits per heavy atom. The summed E-state index contributed by atoms with van der Waals surface area (Å²) in [5.41, 5.74) is -4.22. The van der Waals surface area contributed by atoms with Crippen LogP contribution in [0.1, 0.15) is 47.5 Å². The summed E-state index contributed by atoms with van der Waals surface area (Å²) in [6, 6.07) is 0. The molecular weight excluding hydrogens is 393 g/mol. The molecule has 10 heteroatoms. The van der Waals surface area contributed by atoms with Crippen molar-refractivity contribution in [2.75, 3.05) is 24.7 Å². The molecule has 0 aliphatic carbocycles. The Kier molecular flexibility index (Phi) is 11.0. The van der Waals surface area contributed by atoms with Crippen LogP contribution in [-0.2, 0) is 23.2 Å². The van der Waals surface area contributed by atoms with Gasteiger partial charge in [0.05, 0.1) is 13.2 Å². The molecule has 0 N–H and O–H groups in total. The van der Waals surface area contributed by atoms with Gasteiger partial charge in [0.15, 0.2) is 10.2 Å². The van der Waals surface area contributed by atoms with Crippen molar-refractivity contribution >= 4 is 41.4 Å². The quantitative estimate of drug-likeness (QED) is 0.336. The molecule has 0 saturated carbocycles. The van der Waals surface area contributed by atoms with Crippen molar-refractivity contribution in [2.24, 2.45) is 5.41 Å². The highest BCUT2D eigenvalue weighted by Crippen LogP contribution is 2.61. The van der Waals surface area contributed by atoms with Gasteiger partial charge in [-0.1, -0.05) is 51.2 Å². The van der Waals surface area contributed by atoms with Crippen molar-refractivity contribution in [1.82, 2.24) is 0 Å². The first-order valence-electron chi connectivity index (χ1n) is 7.93. The Labute approximate surface area is 156 Å². The Balaban J connectivity index is 4.42. The van der Waals surface area contributed by atoms with Crippen LogP contribution >= 0.6 is 31.1 Å². The van der Waals surface area contributed by atoms with E-state index in [1.165, 1.54) is 0 Å². The number of hydrogen-bond acceptors (Lipinski definition) is 7. The number of hydrogen-bond donors (Lipinski definition) is 0. The van der Waals surface area contributed by atoms with Crippen LogP contribution < -0.4 is 0 Å². The number of thioether (sulfide) groups is 2. The van der Waals surface area contributed by atoms with Gasteiger partial charge in [-0.05, 0) is 6.42 Å². The molecule has 148 valence electrons. The first kappa shape index (κ1) is 25.1. The second kappa shape index (κ2) is 11.0. The van der Waals surface area contributed by atoms with Crippen LogP contribution in [0.2, 0.25) is 0 Å². The molecule has 0 spiro atoms. The summed E-state index contributed by atoms with van der Waals surface area (Å²) < 4.78 is 49.1. The molecule has 0 aromatic heterocycles. The maximum atomic E-state index is 13.6. The predicted molar refractivity (Wildman–Crippen MR) is 99.4 cm³/mol. The second-order valence-electron chi connectivity index (χ2n) is 6.36. The van der Waals surface area contributed by atoms with E-state index < -0.39 is 18.7 Å². The average Bonchev–Trinajstić information content (AvgIpc) is 2.46. The number of carbonyl (C=O) groups is 2. The van der Waals surface area contributed by atoms with E-state index in [1.807, 2.05) is 6.92 Å². The van der Waals surface area contributed by atoms with E-state index in [2.05, 4.69) is 0 Å². The highest BCUT2D eigenvalue weighted by atomic mass is 32.2. The molecule has 0 bridgehead atoms. The van der Waals surface area contributed by atoms with Crippen LogP contribution in [0.3, 0.4) is 0 Å². The van der Waals surface area contributed by atoms with E-state index in [9.17, 15) is 22.9 Å². The van der Waals surface area contributed by atoms with E-state index in [0.29, 0.717) is 19.8 Å². The van der Waals surface area contributed by atoms with Crippen LogP contribution in [-0.4, -0.2) is 40.6 Å². The summed E-state index contributed by atoms with van der Waals surface area (Å²) in [5.74, 6) is 0.225. The molecule has 0 aromatic carbocycles. The molecule has 0 aliphatic heterocycles. The zero-order valence-electron chi connectivity index (χ0n) is 15.3. The van der Waals surface area contributed by atoms with Gasteiger partial charge >= 0.3 is 13.3 Å². The molecule has 0 fully saturated rings. The lowest BCUT2D eigenvalue weighted by Crippen LogP contribution is -2.19. The number of carbonyl (C=O) groups excluding carboxylic acids is 2. The lowest BCUT2D eigenvalue weighted by molar-refractivity contribution is -0.117. The van der Waals surface area contributed by atoms with E-state index in [-0.39, 0.29) is 35.0 Å². The Morgan fingerprint density at radius 1 is 1.00 bits per heavy atom. The minimum Gasteiger partial charge on any atom is -0.304 e. The molecule has 5 nitrogen and oxygen atoms in total. The maximum Gasteiger partial charge on any atom is 0.399 e. The zero-order chi connectivity index (χ0) is 19.7. The van der Waals surface area contributed by atoms with Crippen molar-refractivity contribution in [3.05, 3.63) is 0 Å². The third-order valence-electron chi connectivity index (χ3n) is 2.73. The zero-order valence-corrected chi connectivity index (χ0v) is 17.8. The predicted octanol–water partition coefficient (Wildman–Crippen LogP) is 5.19. The second-order valence-corrected chi connectivity index (χ2v) is 10.9. The highest BCUT2D eigenvalue weighted by Gasteiger charge is 2.49. The Bertz CT molecular complexity index is 489. The monoisotopic (exact) mass is 420 g/mol. The normalized spacial score (nSPS) is 15.0. The molecule has 1 atom stereocenters. The van der Waals surface area contributed by atoms with Crippen LogP contribution in [0.15, 0.2) is 0 Å². The third kappa shape index (κ3) is 10.1. The Hall–Kier alpha value is 0.0500. The van der Waals surface area contributed by atoms with Crippen molar-refractivity contribution in [3.8, 4) is 0 Å². The fourth-order valence-corrected chi connectivity index (χ4v) is 4.33. The molecule has 0 heterocycles. The summed E-state index contributed by atoms with van der Waals surface area (Å²) in [5, 5.41) is -0.178. The van der Waals surface area contributed by atoms with Gasteiger partial charge in [0, 0.05) is 30.3 Å². The van der Waals surface area contributed by atoms with Gasteiger partial charge in [-0.25, -0.2) is 0 Å². The summed E-state index contributed by atoms with van der Waals surface area (Å²) in [7, 11) is -4.66. The minimum absolute atomic E-state index is 0.0674. The lowest BCUT2D eigenvalue weighted by Gasteiger charge is -2.23. The maximum absolute atomic E-state index is 13.6. The summed E-state index contributed by atoms with van der Waals surface area (Å²) in [6.07, 6.45) is 1.09. The molecule has 0 aliphatic rings. The molecule has 0 aromatic rings. The van der Waals surface area contributed by atoms with Gasteiger partial charge in [-0.3, -0.25) is 14.2 Å². The first-order valence-corrected chi connectivity index (χ1v) is 11.4. The van der Waals surface area contributed by atoms with Gasteiger partial charge < -0.3 is 9.05 Å².